The highest BCUT2D eigenvalue weighted by Gasteiger charge is 2.19. The smallest absolute Gasteiger partial charge is 0.340 e. The highest BCUT2D eigenvalue weighted by Crippen LogP contribution is 2.31. The second kappa shape index (κ2) is 13.5. The van der Waals surface area contributed by atoms with Gasteiger partial charge in [-0.25, -0.2) is 4.79 Å². The van der Waals surface area contributed by atoms with E-state index in [-0.39, 0.29) is 5.56 Å². The molecule has 0 radical (unpaired) electrons. The van der Waals surface area contributed by atoms with Gasteiger partial charge in [0.15, 0.2) is 0 Å². The van der Waals surface area contributed by atoms with Gasteiger partial charge in [0.25, 0.3) is 0 Å². The Morgan fingerprint density at radius 2 is 1.52 bits per heavy atom. The van der Waals surface area contributed by atoms with Gasteiger partial charge in [-0.05, 0) is 48.2 Å². The Balaban J connectivity index is 1.89. The first-order chi connectivity index (χ1) is 15.1. The predicted octanol–water partition coefficient (Wildman–Crippen LogP) is 7.36. The van der Waals surface area contributed by atoms with Crippen LogP contribution in [0.4, 0.5) is 0 Å². The molecule has 4 nitrogen and oxygen atoms in total. The summed E-state index contributed by atoms with van der Waals surface area (Å²) < 4.78 is 11.4. The van der Waals surface area contributed by atoms with Crippen molar-refractivity contribution in [3.8, 4) is 11.5 Å². The normalized spacial score (nSPS) is 10.6. The fourth-order valence-corrected chi connectivity index (χ4v) is 3.61. The van der Waals surface area contributed by atoms with E-state index in [4.69, 9.17) is 9.47 Å². The number of rotatable bonds is 15. The molecule has 0 fully saturated rings. The molecule has 0 aromatic heterocycles. The predicted molar refractivity (Wildman–Crippen MR) is 127 cm³/mol. The minimum absolute atomic E-state index is 0.143. The Morgan fingerprint density at radius 3 is 2.13 bits per heavy atom. The quantitative estimate of drug-likeness (QED) is 0.303. The molecular weight excluding hydrogens is 388 g/mol. The van der Waals surface area contributed by atoms with E-state index in [1.165, 1.54) is 44.9 Å². The Bertz CT molecular complexity index is 824. The molecule has 0 amide bonds. The Kier molecular flexibility index (Phi) is 10.7. The molecule has 0 saturated carbocycles. The van der Waals surface area contributed by atoms with Crippen LogP contribution in [0.2, 0.25) is 0 Å². The van der Waals surface area contributed by atoms with Gasteiger partial charge < -0.3 is 14.6 Å². The van der Waals surface area contributed by atoms with Gasteiger partial charge in [-0.15, -0.1) is 0 Å². The van der Waals surface area contributed by atoms with E-state index in [1.807, 2.05) is 31.2 Å². The lowest BCUT2D eigenvalue weighted by Crippen LogP contribution is -2.07. The molecule has 168 valence electrons. The molecule has 0 unspecified atom stereocenters. The van der Waals surface area contributed by atoms with Crippen molar-refractivity contribution in [2.45, 2.75) is 65.2 Å². The molecule has 0 atom stereocenters. The van der Waals surface area contributed by atoms with Crippen LogP contribution in [0.15, 0.2) is 49.0 Å². The Labute approximate surface area is 186 Å². The maximum Gasteiger partial charge on any atom is 0.340 e. The van der Waals surface area contributed by atoms with E-state index in [1.54, 1.807) is 18.2 Å². The first kappa shape index (κ1) is 24.5. The summed E-state index contributed by atoms with van der Waals surface area (Å²) in [5.74, 6) is 0.158. The lowest BCUT2D eigenvalue weighted by Gasteiger charge is -2.14. The zero-order valence-electron chi connectivity index (χ0n) is 19.0. The van der Waals surface area contributed by atoms with Crippen LogP contribution in [0.3, 0.4) is 0 Å². The molecule has 0 heterocycles. The van der Waals surface area contributed by atoms with Gasteiger partial charge in [0, 0.05) is 0 Å². The van der Waals surface area contributed by atoms with E-state index in [2.05, 4.69) is 13.5 Å². The summed E-state index contributed by atoms with van der Waals surface area (Å²) in [5.41, 5.74) is 2.21. The highest BCUT2D eigenvalue weighted by atomic mass is 16.5. The molecule has 0 bridgehead atoms. The summed E-state index contributed by atoms with van der Waals surface area (Å²) in [6.45, 7) is 9.33. The van der Waals surface area contributed by atoms with Crippen molar-refractivity contribution in [2.24, 2.45) is 0 Å². The van der Waals surface area contributed by atoms with Crippen molar-refractivity contribution >= 4 is 11.5 Å². The van der Waals surface area contributed by atoms with Crippen LogP contribution in [0.5, 0.6) is 11.5 Å². The second-order valence-electron chi connectivity index (χ2n) is 7.74. The van der Waals surface area contributed by atoms with E-state index in [0.717, 1.165) is 24.3 Å². The SMILES string of the molecule is C=C(c1ccc(OCCCCCCCCCC)cc1)c1cccc(OCC)c1C(=O)O. The standard InChI is InChI=1S/C27H36O4/c1-4-6-7-8-9-10-11-12-20-31-23-18-16-22(17-19-23)21(3)24-14-13-15-25(30-5-2)26(24)27(28)29/h13-19H,3-12,20H2,1-2H3,(H,28,29). The molecular formula is C27H36O4. The minimum Gasteiger partial charge on any atom is -0.494 e. The van der Waals surface area contributed by atoms with Gasteiger partial charge in [-0.2, -0.15) is 0 Å². The number of aromatic carboxylic acids is 1. The third-order valence-electron chi connectivity index (χ3n) is 5.33. The van der Waals surface area contributed by atoms with Gasteiger partial charge >= 0.3 is 5.97 Å². The van der Waals surface area contributed by atoms with Gasteiger partial charge in [-0.1, -0.05) is 82.7 Å². The number of hydrogen-bond donors (Lipinski definition) is 1. The van der Waals surface area contributed by atoms with Crippen LogP contribution in [0.25, 0.3) is 5.57 Å². The number of carboxylic acids is 1. The van der Waals surface area contributed by atoms with Crippen LogP contribution in [-0.4, -0.2) is 24.3 Å². The van der Waals surface area contributed by atoms with Gasteiger partial charge in [0.1, 0.15) is 17.1 Å². The zero-order valence-corrected chi connectivity index (χ0v) is 19.0. The monoisotopic (exact) mass is 424 g/mol. The summed E-state index contributed by atoms with van der Waals surface area (Å²) in [6.07, 6.45) is 10.2. The van der Waals surface area contributed by atoms with Crippen molar-refractivity contribution in [3.05, 3.63) is 65.7 Å². The van der Waals surface area contributed by atoms with Crippen LogP contribution in [-0.2, 0) is 0 Å². The van der Waals surface area contributed by atoms with Crippen LogP contribution in [0.1, 0.15) is 86.7 Å². The van der Waals surface area contributed by atoms with Gasteiger partial charge in [-0.3, -0.25) is 0 Å². The molecule has 2 aromatic carbocycles. The van der Waals surface area contributed by atoms with E-state index in [0.29, 0.717) is 23.5 Å². The first-order valence-electron chi connectivity index (χ1n) is 11.5. The Hall–Kier alpha value is -2.75. The molecule has 0 spiro atoms. The van der Waals surface area contributed by atoms with Crippen molar-refractivity contribution < 1.29 is 19.4 Å². The highest BCUT2D eigenvalue weighted by molar-refractivity contribution is 5.99. The third kappa shape index (κ3) is 7.78. The summed E-state index contributed by atoms with van der Waals surface area (Å²) >= 11 is 0. The van der Waals surface area contributed by atoms with Gasteiger partial charge in [0.05, 0.1) is 13.2 Å². The lowest BCUT2D eigenvalue weighted by molar-refractivity contribution is 0.0692. The largest absolute Gasteiger partial charge is 0.494 e. The summed E-state index contributed by atoms with van der Waals surface area (Å²) in [7, 11) is 0. The maximum absolute atomic E-state index is 11.8. The second-order valence-corrected chi connectivity index (χ2v) is 7.74. The van der Waals surface area contributed by atoms with Crippen molar-refractivity contribution in [2.75, 3.05) is 13.2 Å². The third-order valence-corrected chi connectivity index (χ3v) is 5.33. The molecule has 31 heavy (non-hydrogen) atoms. The average Bonchev–Trinajstić information content (AvgIpc) is 2.78. The molecule has 2 aromatic rings. The van der Waals surface area contributed by atoms with Crippen LogP contribution >= 0.6 is 0 Å². The average molecular weight is 425 g/mol. The molecule has 0 aliphatic rings. The molecule has 2 rings (SSSR count). The minimum atomic E-state index is -1.02. The van der Waals surface area contributed by atoms with Gasteiger partial charge in [0.2, 0.25) is 0 Å². The number of benzene rings is 2. The van der Waals surface area contributed by atoms with Crippen molar-refractivity contribution in [3.63, 3.8) is 0 Å². The molecule has 1 N–H and O–H groups in total. The maximum atomic E-state index is 11.8. The van der Waals surface area contributed by atoms with Crippen molar-refractivity contribution in [1.82, 2.24) is 0 Å². The molecule has 0 aliphatic carbocycles. The van der Waals surface area contributed by atoms with E-state index in [9.17, 15) is 9.90 Å². The first-order valence-corrected chi connectivity index (χ1v) is 11.5. The van der Waals surface area contributed by atoms with E-state index >= 15 is 0 Å². The lowest BCUT2D eigenvalue weighted by atomic mass is 9.94. The fraction of sp³-hybridized carbons (Fsp3) is 0.444. The zero-order chi connectivity index (χ0) is 22.5. The number of carbonyl (C=O) groups is 1. The fourth-order valence-electron chi connectivity index (χ4n) is 3.61. The number of ether oxygens (including phenoxy) is 2. The number of unbranched alkanes of at least 4 members (excludes halogenated alkanes) is 7. The molecule has 4 heteroatoms. The Morgan fingerprint density at radius 1 is 0.871 bits per heavy atom. The van der Waals surface area contributed by atoms with Crippen LogP contribution < -0.4 is 9.47 Å². The number of carboxylic acid groups (broad SMARTS) is 1. The van der Waals surface area contributed by atoms with Crippen LogP contribution in [0, 0.1) is 0 Å². The van der Waals surface area contributed by atoms with Crippen molar-refractivity contribution in [1.29, 1.82) is 0 Å². The summed E-state index contributed by atoms with van der Waals surface area (Å²) in [5, 5.41) is 9.68. The topological polar surface area (TPSA) is 55.8 Å². The summed E-state index contributed by atoms with van der Waals surface area (Å²) in [6, 6.07) is 12.9. The number of hydrogen-bond acceptors (Lipinski definition) is 3. The summed E-state index contributed by atoms with van der Waals surface area (Å²) in [4.78, 5) is 11.8. The molecule has 0 aliphatic heterocycles. The van der Waals surface area contributed by atoms with E-state index < -0.39 is 5.97 Å². The molecule has 0 saturated heterocycles.